The lowest BCUT2D eigenvalue weighted by molar-refractivity contribution is 0.633. The molecule has 2 aromatic heterocycles. The molecule has 0 saturated carbocycles. The van der Waals surface area contributed by atoms with Crippen molar-refractivity contribution < 1.29 is 0 Å². The summed E-state index contributed by atoms with van der Waals surface area (Å²) in [6.07, 6.45) is 4.96. The van der Waals surface area contributed by atoms with Gasteiger partial charge in [0.25, 0.3) is 5.56 Å². The average molecular weight is 346 g/mol. The largest absolute Gasteiger partial charge is 0.331 e. The maximum Gasteiger partial charge on any atom is 0.331 e. The lowest BCUT2D eigenvalue weighted by Gasteiger charge is -2.06. The molecule has 0 unspecified atom stereocenters. The molecule has 2 rings (SSSR count). The van der Waals surface area contributed by atoms with E-state index < -0.39 is 0 Å². The molecular formula is C10H11IN4O2. The van der Waals surface area contributed by atoms with Crippen molar-refractivity contribution in [3.8, 4) is 0 Å². The zero-order valence-corrected chi connectivity index (χ0v) is 11.6. The Morgan fingerprint density at radius 3 is 2.59 bits per heavy atom. The minimum Gasteiger partial charge on any atom is -0.302 e. The third-order valence-corrected chi connectivity index (χ3v) is 3.13. The highest BCUT2D eigenvalue weighted by Gasteiger charge is 2.08. The van der Waals surface area contributed by atoms with Crippen LogP contribution in [0.4, 0.5) is 0 Å². The van der Waals surface area contributed by atoms with Gasteiger partial charge in [0, 0.05) is 32.1 Å². The third-order valence-electron chi connectivity index (χ3n) is 2.39. The summed E-state index contributed by atoms with van der Waals surface area (Å²) in [6, 6.07) is 0. The molecular weight excluding hydrogens is 335 g/mol. The van der Waals surface area contributed by atoms with Crippen LogP contribution in [0.1, 0.15) is 5.56 Å². The molecule has 0 saturated heterocycles. The molecule has 0 radical (unpaired) electrons. The smallest absolute Gasteiger partial charge is 0.302 e. The number of hydrogen-bond acceptors (Lipinski definition) is 3. The summed E-state index contributed by atoms with van der Waals surface area (Å²) < 4.78 is 4.77. The van der Waals surface area contributed by atoms with Gasteiger partial charge < -0.3 is 4.57 Å². The van der Waals surface area contributed by atoms with Gasteiger partial charge >= 0.3 is 5.69 Å². The minimum atomic E-state index is -0.320. The van der Waals surface area contributed by atoms with E-state index in [0.29, 0.717) is 3.57 Å². The first-order valence-corrected chi connectivity index (χ1v) is 6.00. The Morgan fingerprint density at radius 2 is 2.00 bits per heavy atom. The standard InChI is InChI=1S/C10H11IN4O2/c1-13-6-8(11)9(16)15(10(13)17)5-7-3-12-14(2)4-7/h3-4,6H,5H2,1-2H3. The Kier molecular flexibility index (Phi) is 3.18. The lowest BCUT2D eigenvalue weighted by atomic mass is 10.3. The van der Waals surface area contributed by atoms with Gasteiger partial charge in [-0.3, -0.25) is 14.0 Å². The summed E-state index contributed by atoms with van der Waals surface area (Å²) in [5.41, 5.74) is 0.241. The summed E-state index contributed by atoms with van der Waals surface area (Å²) in [7, 11) is 3.42. The van der Waals surface area contributed by atoms with Crippen LogP contribution in [-0.4, -0.2) is 18.9 Å². The summed E-state index contributed by atoms with van der Waals surface area (Å²) >= 11 is 1.93. The fraction of sp³-hybridized carbons (Fsp3) is 0.300. The van der Waals surface area contributed by atoms with E-state index in [-0.39, 0.29) is 17.8 Å². The maximum absolute atomic E-state index is 11.9. The molecule has 2 heterocycles. The van der Waals surface area contributed by atoms with Crippen molar-refractivity contribution in [1.82, 2.24) is 18.9 Å². The van der Waals surface area contributed by atoms with Gasteiger partial charge in [0.15, 0.2) is 0 Å². The van der Waals surface area contributed by atoms with Crippen molar-refractivity contribution in [2.24, 2.45) is 14.1 Å². The van der Waals surface area contributed by atoms with E-state index in [4.69, 9.17) is 0 Å². The Labute approximate surface area is 111 Å². The summed E-state index contributed by atoms with van der Waals surface area (Å²) in [5, 5.41) is 4.01. The molecule has 0 amide bonds. The van der Waals surface area contributed by atoms with Crippen LogP contribution in [0.15, 0.2) is 28.2 Å². The number of halogens is 1. The number of nitrogens with zero attached hydrogens (tertiary/aromatic N) is 4. The van der Waals surface area contributed by atoms with Crippen LogP contribution in [0.25, 0.3) is 0 Å². The quantitative estimate of drug-likeness (QED) is 0.716. The Morgan fingerprint density at radius 1 is 1.29 bits per heavy atom. The average Bonchev–Trinajstić information content (AvgIpc) is 2.68. The summed E-state index contributed by atoms with van der Waals surface area (Å²) in [5.74, 6) is 0. The summed E-state index contributed by atoms with van der Waals surface area (Å²) in [4.78, 5) is 23.7. The van der Waals surface area contributed by atoms with Crippen LogP contribution in [0, 0.1) is 3.57 Å². The normalized spacial score (nSPS) is 10.8. The molecule has 0 aliphatic heterocycles. The summed E-state index contributed by atoms with van der Waals surface area (Å²) in [6.45, 7) is 0.246. The molecule has 2 aromatic rings. The first-order valence-electron chi connectivity index (χ1n) is 4.92. The topological polar surface area (TPSA) is 61.8 Å². The van der Waals surface area contributed by atoms with E-state index in [9.17, 15) is 9.59 Å². The predicted molar refractivity (Wildman–Crippen MR) is 71.0 cm³/mol. The number of hydrogen-bond donors (Lipinski definition) is 0. The van der Waals surface area contributed by atoms with Gasteiger partial charge in [-0.05, 0) is 22.6 Å². The second-order valence-electron chi connectivity index (χ2n) is 3.78. The molecule has 7 heteroatoms. The molecule has 0 aliphatic rings. The molecule has 0 atom stereocenters. The molecule has 0 N–H and O–H groups in total. The van der Waals surface area contributed by atoms with Crippen LogP contribution in [0.5, 0.6) is 0 Å². The SMILES string of the molecule is Cn1cc(Cn2c(=O)c(I)cn(C)c2=O)cn1. The highest BCUT2D eigenvalue weighted by molar-refractivity contribution is 14.1. The van der Waals surface area contributed by atoms with Gasteiger partial charge in [0.2, 0.25) is 0 Å². The fourth-order valence-electron chi connectivity index (χ4n) is 1.56. The van der Waals surface area contributed by atoms with Crippen molar-refractivity contribution in [2.45, 2.75) is 6.54 Å². The van der Waals surface area contributed by atoms with E-state index >= 15 is 0 Å². The molecule has 17 heavy (non-hydrogen) atoms. The highest BCUT2D eigenvalue weighted by atomic mass is 127. The van der Waals surface area contributed by atoms with E-state index in [1.165, 1.54) is 15.3 Å². The van der Waals surface area contributed by atoms with E-state index in [1.807, 2.05) is 22.6 Å². The molecule has 0 aliphatic carbocycles. The van der Waals surface area contributed by atoms with Crippen LogP contribution in [-0.2, 0) is 20.6 Å². The van der Waals surface area contributed by atoms with Gasteiger partial charge in [0.05, 0.1) is 16.3 Å². The molecule has 90 valence electrons. The van der Waals surface area contributed by atoms with Crippen LogP contribution in [0.2, 0.25) is 0 Å². The molecule has 0 spiro atoms. The highest BCUT2D eigenvalue weighted by Crippen LogP contribution is 1.98. The van der Waals surface area contributed by atoms with Gasteiger partial charge in [-0.1, -0.05) is 0 Å². The zero-order chi connectivity index (χ0) is 12.6. The molecule has 0 aromatic carbocycles. The minimum absolute atomic E-state index is 0.246. The van der Waals surface area contributed by atoms with E-state index in [1.54, 1.807) is 31.2 Å². The Bertz CT molecular complexity index is 633. The number of aryl methyl sites for hydroxylation is 2. The van der Waals surface area contributed by atoms with Crippen LogP contribution >= 0.6 is 22.6 Å². The van der Waals surface area contributed by atoms with Gasteiger partial charge in [0.1, 0.15) is 0 Å². The predicted octanol–water partition coefficient (Wildman–Crippen LogP) is -0.0666. The third kappa shape index (κ3) is 2.33. The number of aromatic nitrogens is 4. The molecule has 0 bridgehead atoms. The van der Waals surface area contributed by atoms with Crippen molar-refractivity contribution in [1.29, 1.82) is 0 Å². The van der Waals surface area contributed by atoms with Crippen LogP contribution in [0.3, 0.4) is 0 Å². The zero-order valence-electron chi connectivity index (χ0n) is 9.42. The van der Waals surface area contributed by atoms with E-state index in [2.05, 4.69) is 5.10 Å². The van der Waals surface area contributed by atoms with Crippen LogP contribution < -0.4 is 11.2 Å². The first kappa shape index (κ1) is 12.1. The Balaban J connectivity index is 2.53. The van der Waals surface area contributed by atoms with Gasteiger partial charge in [-0.15, -0.1) is 0 Å². The molecule has 0 fully saturated rings. The monoisotopic (exact) mass is 346 g/mol. The van der Waals surface area contributed by atoms with Crippen molar-refractivity contribution in [3.05, 3.63) is 48.6 Å². The molecule has 6 nitrogen and oxygen atoms in total. The maximum atomic E-state index is 11.9. The lowest BCUT2D eigenvalue weighted by Crippen LogP contribution is -2.40. The second kappa shape index (κ2) is 4.47. The Hall–Kier alpha value is -1.38. The second-order valence-corrected chi connectivity index (χ2v) is 4.95. The van der Waals surface area contributed by atoms with E-state index in [0.717, 1.165) is 5.56 Å². The van der Waals surface area contributed by atoms with Crippen molar-refractivity contribution >= 4 is 22.6 Å². The first-order chi connectivity index (χ1) is 7.99. The fourth-order valence-corrected chi connectivity index (χ4v) is 2.27. The van der Waals surface area contributed by atoms with Gasteiger partial charge in [-0.25, -0.2) is 4.79 Å². The number of rotatable bonds is 2. The van der Waals surface area contributed by atoms with Crippen molar-refractivity contribution in [2.75, 3.05) is 0 Å². The van der Waals surface area contributed by atoms with Gasteiger partial charge in [-0.2, -0.15) is 5.10 Å². The van der Waals surface area contributed by atoms with Crippen molar-refractivity contribution in [3.63, 3.8) is 0 Å².